The molecule has 0 fully saturated rings. The van der Waals surface area contributed by atoms with Crippen molar-refractivity contribution in [1.29, 1.82) is 0 Å². The summed E-state index contributed by atoms with van der Waals surface area (Å²) < 4.78 is 12.1. The quantitative estimate of drug-likeness (QED) is 0.438. The van der Waals surface area contributed by atoms with Crippen molar-refractivity contribution >= 4 is 19.9 Å². The Bertz CT molecular complexity index is 822. The first-order valence-electron chi connectivity index (χ1n) is 10.8. The Morgan fingerprint density at radius 1 is 0.933 bits per heavy atom. The third-order valence-corrected chi connectivity index (χ3v) is 12.1. The topological polar surface area (TPSA) is 47.6 Å². The highest BCUT2D eigenvalue weighted by Gasteiger charge is 2.44. The molecule has 4 nitrogen and oxygen atoms in total. The van der Waals surface area contributed by atoms with Gasteiger partial charge in [-0.25, -0.2) is 0 Å². The summed E-state index contributed by atoms with van der Waals surface area (Å²) in [6.45, 7) is 15.9. The van der Waals surface area contributed by atoms with Crippen molar-refractivity contribution in [2.24, 2.45) is 0 Å². The summed E-state index contributed by atoms with van der Waals surface area (Å²) in [4.78, 5) is 11.7. The predicted octanol–water partition coefficient (Wildman–Crippen LogP) is 7.01. The van der Waals surface area contributed by atoms with Crippen LogP contribution in [0.15, 0.2) is 42.5 Å². The molecule has 5 heteroatoms. The Morgan fingerprint density at radius 2 is 1.50 bits per heavy atom. The fourth-order valence-electron chi connectivity index (χ4n) is 4.70. The number of rotatable bonds is 9. The first-order chi connectivity index (χ1) is 14.1. The molecule has 0 heterocycles. The lowest BCUT2D eigenvalue weighted by molar-refractivity contribution is -0.114. The van der Waals surface area contributed by atoms with Crippen molar-refractivity contribution in [1.82, 2.24) is 0 Å². The first kappa shape index (κ1) is 24.2. The first-order valence-corrected chi connectivity index (χ1v) is 12.9. The van der Waals surface area contributed by atoms with Gasteiger partial charge in [0.25, 0.3) is 0 Å². The van der Waals surface area contributed by atoms with E-state index in [1.165, 1.54) is 6.92 Å². The third-order valence-electron chi connectivity index (χ3n) is 5.99. The van der Waals surface area contributed by atoms with Crippen LogP contribution in [0.2, 0.25) is 16.6 Å². The van der Waals surface area contributed by atoms with E-state index in [1.54, 1.807) is 7.11 Å². The minimum absolute atomic E-state index is 0.0837. The Balaban J connectivity index is 2.40. The van der Waals surface area contributed by atoms with Crippen LogP contribution >= 0.6 is 0 Å². The van der Waals surface area contributed by atoms with Gasteiger partial charge in [0.1, 0.15) is 5.75 Å². The molecule has 0 saturated heterocycles. The van der Waals surface area contributed by atoms with Gasteiger partial charge in [-0.15, -0.1) is 0 Å². The van der Waals surface area contributed by atoms with Crippen molar-refractivity contribution in [3.63, 3.8) is 0 Å². The molecule has 0 unspecified atom stereocenters. The second-order valence-corrected chi connectivity index (χ2v) is 14.4. The number of nitrogens with one attached hydrogen (secondary N) is 1. The van der Waals surface area contributed by atoms with Crippen LogP contribution in [0, 0.1) is 0 Å². The van der Waals surface area contributed by atoms with E-state index in [4.69, 9.17) is 9.16 Å². The average Bonchev–Trinajstić information content (AvgIpc) is 2.68. The maximum atomic E-state index is 11.7. The summed E-state index contributed by atoms with van der Waals surface area (Å²) in [7, 11) is -0.289. The Labute approximate surface area is 183 Å². The fraction of sp³-hybridized carbons (Fsp3) is 0.480. The molecule has 0 aromatic heterocycles. The number of carbonyl (C=O) groups excluding carboxylic acids is 1. The minimum atomic E-state index is -1.95. The van der Waals surface area contributed by atoms with Crippen LogP contribution in [-0.4, -0.2) is 21.3 Å². The van der Waals surface area contributed by atoms with E-state index >= 15 is 0 Å². The number of ether oxygens (including phenoxy) is 1. The summed E-state index contributed by atoms with van der Waals surface area (Å²) >= 11 is 0. The van der Waals surface area contributed by atoms with Crippen LogP contribution in [0.25, 0.3) is 11.1 Å². The number of benzene rings is 2. The normalized spacial score (nSPS) is 12.0. The van der Waals surface area contributed by atoms with E-state index in [-0.39, 0.29) is 5.91 Å². The average molecular weight is 428 g/mol. The van der Waals surface area contributed by atoms with Crippen LogP contribution < -0.4 is 10.1 Å². The zero-order valence-corrected chi connectivity index (χ0v) is 20.7. The van der Waals surface area contributed by atoms with Crippen LogP contribution in [0.1, 0.15) is 54.0 Å². The molecule has 1 N–H and O–H groups in total. The zero-order valence-electron chi connectivity index (χ0n) is 19.7. The lowest BCUT2D eigenvalue weighted by Crippen LogP contribution is -2.47. The second kappa shape index (κ2) is 10.3. The lowest BCUT2D eigenvalue weighted by atomic mass is 10.0. The summed E-state index contributed by atoms with van der Waals surface area (Å²) in [6.07, 6.45) is 0. The molecule has 0 aliphatic rings. The van der Waals surface area contributed by atoms with E-state index in [1.807, 2.05) is 30.3 Å². The van der Waals surface area contributed by atoms with E-state index < -0.39 is 8.32 Å². The van der Waals surface area contributed by atoms with E-state index in [2.05, 4.69) is 59.0 Å². The molecule has 0 bridgehead atoms. The lowest BCUT2D eigenvalue weighted by Gasteiger charge is -2.42. The van der Waals surface area contributed by atoms with E-state index in [0.29, 0.717) is 23.2 Å². The highest BCUT2D eigenvalue weighted by Crippen LogP contribution is 2.43. The van der Waals surface area contributed by atoms with Gasteiger partial charge in [0.05, 0.1) is 13.7 Å². The van der Waals surface area contributed by atoms with Crippen molar-refractivity contribution in [2.45, 2.75) is 71.7 Å². The minimum Gasteiger partial charge on any atom is -0.497 e. The van der Waals surface area contributed by atoms with Gasteiger partial charge in [-0.1, -0.05) is 59.7 Å². The van der Waals surface area contributed by atoms with Crippen molar-refractivity contribution in [2.75, 3.05) is 12.4 Å². The molecule has 164 valence electrons. The molecule has 1 amide bonds. The summed E-state index contributed by atoms with van der Waals surface area (Å²) in [5.41, 5.74) is 5.55. The third kappa shape index (κ3) is 5.32. The van der Waals surface area contributed by atoms with Crippen LogP contribution in [0.5, 0.6) is 5.75 Å². The van der Waals surface area contributed by atoms with Crippen LogP contribution in [0.3, 0.4) is 0 Å². The van der Waals surface area contributed by atoms with Gasteiger partial charge in [0, 0.05) is 18.2 Å². The van der Waals surface area contributed by atoms with Crippen molar-refractivity contribution in [3.8, 4) is 16.9 Å². The molecule has 0 saturated carbocycles. The Kier molecular flexibility index (Phi) is 8.27. The van der Waals surface area contributed by atoms with Gasteiger partial charge in [0.2, 0.25) is 14.2 Å². The monoisotopic (exact) mass is 427 g/mol. The van der Waals surface area contributed by atoms with Gasteiger partial charge in [-0.05, 0) is 52.0 Å². The number of hydrogen-bond donors (Lipinski definition) is 1. The molecule has 0 spiro atoms. The predicted molar refractivity (Wildman–Crippen MR) is 129 cm³/mol. The molecule has 2 aromatic carbocycles. The van der Waals surface area contributed by atoms with Crippen molar-refractivity contribution < 1.29 is 14.0 Å². The number of anilines is 1. The zero-order chi connectivity index (χ0) is 22.5. The van der Waals surface area contributed by atoms with Crippen LogP contribution in [0.4, 0.5) is 5.69 Å². The SMILES string of the molecule is COc1ccc(-c2cc(CO[Si](C(C)C)(C(C)C)C(C)C)ccc2NC(C)=O)cc1. The van der Waals surface area contributed by atoms with Gasteiger partial charge in [-0.2, -0.15) is 0 Å². The molecular formula is C25H37NO3Si. The fourth-order valence-corrected chi connectivity index (χ4v) is 10.1. The summed E-state index contributed by atoms with van der Waals surface area (Å²) in [5.74, 6) is 0.723. The smallest absolute Gasteiger partial charge is 0.221 e. The highest BCUT2D eigenvalue weighted by atomic mass is 28.4. The Hall–Kier alpha value is -2.11. The molecule has 0 radical (unpaired) electrons. The van der Waals surface area contributed by atoms with Gasteiger partial charge < -0.3 is 14.5 Å². The molecule has 0 aliphatic carbocycles. The van der Waals surface area contributed by atoms with Gasteiger partial charge in [0.15, 0.2) is 0 Å². The molecule has 2 aromatic rings. The van der Waals surface area contributed by atoms with E-state index in [0.717, 1.165) is 28.1 Å². The van der Waals surface area contributed by atoms with Crippen molar-refractivity contribution in [3.05, 3.63) is 48.0 Å². The molecule has 30 heavy (non-hydrogen) atoms. The van der Waals surface area contributed by atoms with Gasteiger partial charge >= 0.3 is 0 Å². The maximum Gasteiger partial charge on any atom is 0.221 e. The molecular weight excluding hydrogens is 390 g/mol. The second-order valence-electron chi connectivity index (χ2n) is 8.90. The Morgan fingerprint density at radius 3 is 1.97 bits per heavy atom. The van der Waals surface area contributed by atoms with E-state index in [9.17, 15) is 4.79 Å². The summed E-state index contributed by atoms with van der Waals surface area (Å²) in [5, 5.41) is 2.95. The standard InChI is InChI=1S/C25H37NO3Si/c1-17(2)30(18(3)4,19(5)6)29-16-21-9-14-25(26-20(7)27)24(15-21)22-10-12-23(28-8)13-11-22/h9-15,17-19H,16H2,1-8H3,(H,26,27). The molecule has 2 rings (SSSR count). The largest absolute Gasteiger partial charge is 0.497 e. The summed E-state index contributed by atoms with van der Waals surface area (Å²) in [6, 6.07) is 14.1. The number of amides is 1. The number of methoxy groups -OCH3 is 1. The maximum absolute atomic E-state index is 11.7. The van der Waals surface area contributed by atoms with Crippen LogP contribution in [-0.2, 0) is 15.8 Å². The number of hydrogen-bond acceptors (Lipinski definition) is 3. The molecule has 0 aliphatic heterocycles. The highest BCUT2D eigenvalue weighted by molar-refractivity contribution is 6.77. The number of carbonyl (C=O) groups is 1. The van der Waals surface area contributed by atoms with Gasteiger partial charge in [-0.3, -0.25) is 4.79 Å². The molecule has 0 atom stereocenters.